The maximum absolute atomic E-state index is 13.4. The second kappa shape index (κ2) is 8.92. The second-order valence-corrected chi connectivity index (χ2v) is 8.88. The molecule has 1 unspecified atom stereocenters. The van der Waals surface area contributed by atoms with Crippen LogP contribution in [-0.2, 0) is 28.4 Å². The number of nitrogens with zero attached hydrogens (tertiary/aromatic N) is 4. The zero-order valence-corrected chi connectivity index (χ0v) is 19.7. The lowest BCUT2D eigenvalue weighted by molar-refractivity contribution is -0.127. The molecule has 9 nitrogen and oxygen atoms in total. The zero-order chi connectivity index (χ0) is 23.8. The highest BCUT2D eigenvalue weighted by Crippen LogP contribution is 2.43. The number of aromatic nitrogens is 4. The minimum atomic E-state index is -0.495. The molecular formula is C24H30N6O3. The molecule has 1 aliphatic rings. The first-order valence-electron chi connectivity index (χ1n) is 11.0. The van der Waals surface area contributed by atoms with Crippen LogP contribution >= 0.6 is 0 Å². The maximum atomic E-state index is 13.4. The lowest BCUT2D eigenvalue weighted by Gasteiger charge is -2.31. The molecule has 3 N–H and O–H groups in total. The van der Waals surface area contributed by atoms with Crippen molar-refractivity contribution in [1.29, 1.82) is 0 Å². The zero-order valence-electron chi connectivity index (χ0n) is 19.7. The molecule has 174 valence electrons. The number of hydrogen-bond donors (Lipinski definition) is 2. The molecule has 0 spiro atoms. The van der Waals surface area contributed by atoms with Gasteiger partial charge in [-0.2, -0.15) is 5.10 Å². The van der Waals surface area contributed by atoms with Crippen LogP contribution < -0.4 is 11.1 Å². The van der Waals surface area contributed by atoms with Gasteiger partial charge in [0.2, 0.25) is 5.95 Å². The van der Waals surface area contributed by atoms with Gasteiger partial charge < -0.3 is 20.5 Å². The average molecular weight is 451 g/mol. The predicted octanol–water partition coefficient (Wildman–Crippen LogP) is 3.62. The Hall–Kier alpha value is -3.30. The quantitative estimate of drug-likeness (QED) is 0.528. The van der Waals surface area contributed by atoms with Crippen LogP contribution in [0.4, 0.5) is 11.6 Å². The van der Waals surface area contributed by atoms with E-state index in [1.54, 1.807) is 18.0 Å². The van der Waals surface area contributed by atoms with Crippen molar-refractivity contribution in [1.82, 2.24) is 19.7 Å². The number of nitrogen functional groups attached to an aromatic ring is 1. The van der Waals surface area contributed by atoms with E-state index >= 15 is 0 Å². The molecule has 0 aliphatic heterocycles. The maximum Gasteiger partial charge on any atom is 0.276 e. The van der Waals surface area contributed by atoms with Crippen LogP contribution in [0, 0.1) is 0 Å². The van der Waals surface area contributed by atoms with Crippen molar-refractivity contribution in [3.05, 3.63) is 52.8 Å². The monoisotopic (exact) mass is 450 g/mol. The molecule has 33 heavy (non-hydrogen) atoms. The number of fused-ring (bicyclic) bond motifs is 3. The average Bonchev–Trinajstić information content (AvgIpc) is 3.14. The highest BCUT2D eigenvalue weighted by molar-refractivity contribution is 6.05. The summed E-state index contributed by atoms with van der Waals surface area (Å²) in [5.74, 6) is -0.0904. The van der Waals surface area contributed by atoms with Crippen molar-refractivity contribution in [2.75, 3.05) is 24.8 Å². The van der Waals surface area contributed by atoms with Crippen molar-refractivity contribution >= 4 is 17.5 Å². The van der Waals surface area contributed by atoms with E-state index in [4.69, 9.17) is 15.2 Å². The smallest absolute Gasteiger partial charge is 0.276 e. The number of benzene rings is 1. The van der Waals surface area contributed by atoms with Gasteiger partial charge in [-0.3, -0.25) is 9.48 Å². The second-order valence-electron chi connectivity index (χ2n) is 8.88. The topological polar surface area (TPSA) is 117 Å². The standard InChI is InChI=1S/C24H30N6O3/c1-6-10-33-22(32-5)14-8-7-9-16(11-14)27-21(31)19-17-20(30(4)29-19)18-15(12-24(17,2)3)13-26-23(25)28-18/h7-9,11,13,22H,6,10,12H2,1-5H3,(H,27,31)(H2,25,26,28). The van der Waals surface area contributed by atoms with Crippen molar-refractivity contribution in [3.63, 3.8) is 0 Å². The Kier molecular flexibility index (Phi) is 6.18. The van der Waals surface area contributed by atoms with Crippen molar-refractivity contribution in [2.24, 2.45) is 7.05 Å². The van der Waals surface area contributed by atoms with Gasteiger partial charge in [-0.15, -0.1) is 0 Å². The molecule has 1 aromatic carbocycles. The van der Waals surface area contributed by atoms with Crippen LogP contribution in [0.15, 0.2) is 30.5 Å². The molecular weight excluding hydrogens is 420 g/mol. The van der Waals surface area contributed by atoms with E-state index in [-0.39, 0.29) is 17.3 Å². The predicted molar refractivity (Wildman–Crippen MR) is 126 cm³/mol. The van der Waals surface area contributed by atoms with E-state index in [0.29, 0.717) is 24.4 Å². The number of rotatable bonds is 7. The first-order valence-corrected chi connectivity index (χ1v) is 11.0. The largest absolute Gasteiger partial charge is 0.368 e. The van der Waals surface area contributed by atoms with Gasteiger partial charge in [0.25, 0.3) is 5.91 Å². The number of aryl methyl sites for hydroxylation is 1. The van der Waals surface area contributed by atoms with Gasteiger partial charge in [0.15, 0.2) is 12.0 Å². The summed E-state index contributed by atoms with van der Waals surface area (Å²) in [6.07, 6.45) is 2.83. The Morgan fingerprint density at radius 3 is 2.88 bits per heavy atom. The van der Waals surface area contributed by atoms with E-state index in [0.717, 1.165) is 34.5 Å². The summed E-state index contributed by atoms with van der Waals surface area (Å²) in [7, 11) is 3.41. The minimum Gasteiger partial charge on any atom is -0.368 e. The first kappa shape index (κ1) is 22.9. The first-order chi connectivity index (χ1) is 15.7. The Balaban J connectivity index is 1.68. The fraction of sp³-hybridized carbons (Fsp3) is 0.417. The summed E-state index contributed by atoms with van der Waals surface area (Å²) in [5.41, 5.74) is 10.7. The molecule has 1 amide bonds. The number of ether oxygens (including phenoxy) is 2. The fourth-order valence-corrected chi connectivity index (χ4v) is 4.39. The molecule has 4 rings (SSSR count). The molecule has 0 saturated heterocycles. The Labute approximate surface area is 193 Å². The third-order valence-electron chi connectivity index (χ3n) is 5.78. The van der Waals surface area contributed by atoms with Crippen LogP contribution in [-0.4, -0.2) is 39.4 Å². The molecule has 0 bridgehead atoms. The van der Waals surface area contributed by atoms with Crippen molar-refractivity contribution in [3.8, 4) is 11.4 Å². The fourth-order valence-electron chi connectivity index (χ4n) is 4.39. The number of amides is 1. The Bertz CT molecular complexity index is 1190. The van der Waals surface area contributed by atoms with Gasteiger partial charge in [0.05, 0.1) is 11.4 Å². The Morgan fingerprint density at radius 2 is 2.15 bits per heavy atom. The van der Waals surface area contributed by atoms with Crippen LogP contribution in [0.2, 0.25) is 0 Å². The number of hydrogen-bond acceptors (Lipinski definition) is 7. The van der Waals surface area contributed by atoms with E-state index in [9.17, 15) is 4.79 Å². The molecule has 0 fully saturated rings. The lowest BCUT2D eigenvalue weighted by Crippen LogP contribution is -2.29. The van der Waals surface area contributed by atoms with Crippen LogP contribution in [0.5, 0.6) is 0 Å². The number of nitrogens with two attached hydrogens (primary N) is 1. The summed E-state index contributed by atoms with van der Waals surface area (Å²) in [6, 6.07) is 7.45. The molecule has 9 heteroatoms. The van der Waals surface area contributed by atoms with Crippen LogP contribution in [0.3, 0.4) is 0 Å². The SMILES string of the molecule is CCCOC(OC)c1cccc(NC(=O)c2nn(C)c3c2C(C)(C)Cc2cnc(N)nc2-3)c1. The van der Waals surface area contributed by atoms with E-state index in [2.05, 4.69) is 34.2 Å². The van der Waals surface area contributed by atoms with Crippen molar-refractivity contribution < 1.29 is 14.3 Å². The van der Waals surface area contributed by atoms with E-state index < -0.39 is 6.29 Å². The molecule has 0 saturated carbocycles. The lowest BCUT2D eigenvalue weighted by atomic mass is 9.73. The summed E-state index contributed by atoms with van der Waals surface area (Å²) >= 11 is 0. The van der Waals surface area contributed by atoms with Gasteiger partial charge in [-0.05, 0) is 36.0 Å². The van der Waals surface area contributed by atoms with Gasteiger partial charge in [-0.25, -0.2) is 9.97 Å². The molecule has 1 atom stereocenters. The summed E-state index contributed by atoms with van der Waals surface area (Å²) in [5, 5.41) is 7.57. The van der Waals surface area contributed by atoms with Gasteiger partial charge in [0, 0.05) is 43.8 Å². The number of carbonyl (C=O) groups excluding carboxylic acids is 1. The van der Waals surface area contributed by atoms with E-state index in [1.165, 1.54) is 0 Å². The molecule has 2 aromatic heterocycles. The molecule has 0 radical (unpaired) electrons. The highest BCUT2D eigenvalue weighted by Gasteiger charge is 2.39. The summed E-state index contributed by atoms with van der Waals surface area (Å²) in [4.78, 5) is 22.0. The number of carbonyl (C=O) groups is 1. The third kappa shape index (κ3) is 4.34. The van der Waals surface area contributed by atoms with Gasteiger partial charge >= 0.3 is 0 Å². The summed E-state index contributed by atoms with van der Waals surface area (Å²) in [6.45, 7) is 6.81. The molecule has 2 heterocycles. The summed E-state index contributed by atoms with van der Waals surface area (Å²) < 4.78 is 12.9. The minimum absolute atomic E-state index is 0.196. The van der Waals surface area contributed by atoms with Crippen LogP contribution in [0.1, 0.15) is 60.7 Å². The highest BCUT2D eigenvalue weighted by atomic mass is 16.7. The van der Waals surface area contributed by atoms with Crippen molar-refractivity contribution in [2.45, 2.75) is 45.3 Å². The van der Waals surface area contributed by atoms with Gasteiger partial charge in [0.1, 0.15) is 0 Å². The molecule has 1 aliphatic carbocycles. The third-order valence-corrected chi connectivity index (χ3v) is 5.78. The number of anilines is 2. The normalized spacial score (nSPS) is 14.9. The van der Waals surface area contributed by atoms with Gasteiger partial charge in [-0.1, -0.05) is 32.9 Å². The molecule has 3 aromatic rings. The van der Waals surface area contributed by atoms with E-state index in [1.807, 2.05) is 38.2 Å². The van der Waals surface area contributed by atoms with Crippen LogP contribution in [0.25, 0.3) is 11.4 Å². The number of nitrogens with one attached hydrogen (secondary N) is 1. The Morgan fingerprint density at radius 1 is 1.36 bits per heavy atom. The number of methoxy groups -OCH3 is 1.